The molecule has 5 rings (SSSR count). The van der Waals surface area contributed by atoms with Gasteiger partial charge in [-0.3, -0.25) is 9.69 Å². The summed E-state index contributed by atoms with van der Waals surface area (Å²) in [6.45, 7) is 7.79. The molecule has 2 aliphatic carbocycles. The Morgan fingerprint density at radius 2 is 2.07 bits per heavy atom. The molecule has 0 radical (unpaired) electrons. The molecular formula is C22H26F2N4O2. The van der Waals surface area contributed by atoms with Gasteiger partial charge in [-0.1, -0.05) is 0 Å². The molecule has 2 aromatic rings. The van der Waals surface area contributed by atoms with Crippen LogP contribution in [0.1, 0.15) is 47.9 Å². The van der Waals surface area contributed by atoms with Crippen molar-refractivity contribution in [2.24, 2.45) is 5.92 Å². The molecule has 160 valence electrons. The second-order valence-corrected chi connectivity index (χ2v) is 9.25. The Morgan fingerprint density at radius 1 is 1.30 bits per heavy atom. The number of amides is 1. The first-order valence-corrected chi connectivity index (χ1v) is 10.5. The first-order chi connectivity index (χ1) is 14.3. The maximum Gasteiger partial charge on any atom is 0.272 e. The van der Waals surface area contributed by atoms with Crippen molar-refractivity contribution in [3.05, 3.63) is 46.8 Å². The standard InChI is InChI=1S/C22H26F2N4O2/c1-22(2,12-27-5-7-30-8-6-27)25-21(29)19-16-10-13-9-15(13)20(16)28(26-19)18-4-3-14(23)11-17(18)24/h3-4,11,13,15H,5-10,12H2,1-2H3,(H,25,29)/t13-,15-/m1/s1. The zero-order valence-corrected chi connectivity index (χ0v) is 17.3. The van der Waals surface area contributed by atoms with Crippen LogP contribution in [0, 0.1) is 17.6 Å². The lowest BCUT2D eigenvalue weighted by Crippen LogP contribution is -2.53. The average molecular weight is 416 g/mol. The summed E-state index contributed by atoms with van der Waals surface area (Å²) in [5.74, 6) is -0.746. The summed E-state index contributed by atoms with van der Waals surface area (Å²) in [7, 11) is 0. The average Bonchev–Trinajstić information content (AvgIpc) is 3.18. The van der Waals surface area contributed by atoms with Crippen molar-refractivity contribution in [2.45, 2.75) is 38.1 Å². The van der Waals surface area contributed by atoms with Gasteiger partial charge in [0.05, 0.1) is 18.9 Å². The molecular weight excluding hydrogens is 390 g/mol. The lowest BCUT2D eigenvalue weighted by molar-refractivity contribution is 0.0268. The van der Waals surface area contributed by atoms with Crippen molar-refractivity contribution in [1.82, 2.24) is 20.0 Å². The number of halogens is 2. The maximum absolute atomic E-state index is 14.5. The molecule has 2 fully saturated rings. The lowest BCUT2D eigenvalue weighted by Gasteiger charge is -2.35. The van der Waals surface area contributed by atoms with E-state index >= 15 is 0 Å². The van der Waals surface area contributed by atoms with Gasteiger partial charge in [-0.15, -0.1) is 0 Å². The van der Waals surface area contributed by atoms with E-state index in [2.05, 4.69) is 15.3 Å². The number of carbonyl (C=O) groups is 1. The highest BCUT2D eigenvalue weighted by Gasteiger charge is 2.50. The molecule has 2 atom stereocenters. The number of ether oxygens (including phenoxy) is 1. The van der Waals surface area contributed by atoms with Crippen LogP contribution >= 0.6 is 0 Å². The third-order valence-electron chi connectivity index (χ3n) is 6.29. The SMILES string of the molecule is CC(C)(CN1CCOCC1)NC(=O)c1nn(-c2ccc(F)cc2F)c2c1C[C@H]1C[C@@H]21. The highest BCUT2D eigenvalue weighted by atomic mass is 19.1. The lowest BCUT2D eigenvalue weighted by atomic mass is 10.0. The van der Waals surface area contributed by atoms with Gasteiger partial charge in [0.15, 0.2) is 11.5 Å². The zero-order chi connectivity index (χ0) is 21.0. The van der Waals surface area contributed by atoms with Crippen LogP contribution in [-0.2, 0) is 11.2 Å². The van der Waals surface area contributed by atoms with E-state index in [0.29, 0.717) is 37.3 Å². The maximum atomic E-state index is 14.5. The normalized spacial score (nSPS) is 23.2. The van der Waals surface area contributed by atoms with E-state index < -0.39 is 17.2 Å². The monoisotopic (exact) mass is 416 g/mol. The number of aromatic nitrogens is 2. The summed E-state index contributed by atoms with van der Waals surface area (Å²) < 4.78 is 34.8. The zero-order valence-electron chi connectivity index (χ0n) is 17.3. The molecule has 0 bridgehead atoms. The first-order valence-electron chi connectivity index (χ1n) is 10.5. The fourth-order valence-electron chi connectivity index (χ4n) is 4.86. The Kier molecular flexibility index (Phi) is 4.67. The van der Waals surface area contributed by atoms with Gasteiger partial charge in [0.25, 0.3) is 5.91 Å². The summed E-state index contributed by atoms with van der Waals surface area (Å²) in [4.78, 5) is 15.5. The van der Waals surface area contributed by atoms with Crippen LogP contribution in [0.3, 0.4) is 0 Å². The number of carbonyl (C=O) groups excluding carboxylic acids is 1. The van der Waals surface area contributed by atoms with Gasteiger partial charge in [0, 0.05) is 42.7 Å². The molecule has 1 N–H and O–H groups in total. The molecule has 2 heterocycles. The fourth-order valence-corrected chi connectivity index (χ4v) is 4.86. The van der Waals surface area contributed by atoms with Crippen LogP contribution in [0.4, 0.5) is 8.78 Å². The third-order valence-corrected chi connectivity index (χ3v) is 6.29. The van der Waals surface area contributed by atoms with Gasteiger partial charge in [-0.25, -0.2) is 13.5 Å². The fraction of sp³-hybridized carbons (Fsp3) is 0.545. The highest BCUT2D eigenvalue weighted by molar-refractivity contribution is 5.95. The molecule has 0 spiro atoms. The molecule has 1 aromatic carbocycles. The molecule has 1 saturated carbocycles. The summed E-state index contributed by atoms with van der Waals surface area (Å²) in [6, 6.07) is 3.46. The van der Waals surface area contributed by atoms with Gasteiger partial charge in [0.2, 0.25) is 0 Å². The van der Waals surface area contributed by atoms with Crippen LogP contribution < -0.4 is 5.32 Å². The van der Waals surface area contributed by atoms with Crippen molar-refractivity contribution < 1.29 is 18.3 Å². The number of fused-ring (bicyclic) bond motifs is 3. The summed E-state index contributed by atoms with van der Waals surface area (Å²) in [5.41, 5.74) is 1.90. The number of hydrogen-bond donors (Lipinski definition) is 1. The van der Waals surface area contributed by atoms with E-state index in [-0.39, 0.29) is 11.6 Å². The number of hydrogen-bond acceptors (Lipinski definition) is 4. The van der Waals surface area contributed by atoms with Crippen molar-refractivity contribution >= 4 is 5.91 Å². The Bertz CT molecular complexity index is 997. The summed E-state index contributed by atoms with van der Waals surface area (Å²) in [6.07, 6.45) is 1.82. The number of nitrogens with zero attached hydrogens (tertiary/aromatic N) is 3. The van der Waals surface area contributed by atoms with Crippen LogP contribution in [0.25, 0.3) is 5.69 Å². The van der Waals surface area contributed by atoms with Gasteiger partial charge in [0.1, 0.15) is 11.5 Å². The van der Waals surface area contributed by atoms with Gasteiger partial charge >= 0.3 is 0 Å². The highest BCUT2D eigenvalue weighted by Crippen LogP contribution is 2.57. The van der Waals surface area contributed by atoms with Crippen molar-refractivity contribution in [2.75, 3.05) is 32.8 Å². The second-order valence-electron chi connectivity index (χ2n) is 9.25. The van der Waals surface area contributed by atoms with Crippen molar-refractivity contribution in [3.63, 3.8) is 0 Å². The Balaban J connectivity index is 1.42. The van der Waals surface area contributed by atoms with E-state index in [1.54, 1.807) is 0 Å². The molecule has 8 heteroatoms. The van der Waals surface area contributed by atoms with E-state index in [4.69, 9.17) is 4.74 Å². The molecule has 1 aromatic heterocycles. The predicted octanol–water partition coefficient (Wildman–Crippen LogP) is 2.65. The molecule has 3 aliphatic rings. The van der Waals surface area contributed by atoms with Crippen LogP contribution in [-0.4, -0.2) is 59.0 Å². The van der Waals surface area contributed by atoms with E-state index in [1.807, 2.05) is 13.8 Å². The molecule has 1 aliphatic heterocycles. The summed E-state index contributed by atoms with van der Waals surface area (Å²) >= 11 is 0. The third kappa shape index (κ3) is 3.52. The van der Waals surface area contributed by atoms with Gasteiger partial charge in [-0.05, 0) is 44.7 Å². The predicted molar refractivity (Wildman–Crippen MR) is 107 cm³/mol. The number of morpholine rings is 1. The number of rotatable bonds is 5. The topological polar surface area (TPSA) is 59.4 Å². The Labute approximate surface area is 174 Å². The van der Waals surface area contributed by atoms with E-state index in [9.17, 15) is 13.6 Å². The van der Waals surface area contributed by atoms with Gasteiger partial charge < -0.3 is 10.1 Å². The van der Waals surface area contributed by atoms with Gasteiger partial charge in [-0.2, -0.15) is 5.10 Å². The van der Waals surface area contributed by atoms with E-state index in [1.165, 1.54) is 16.8 Å². The van der Waals surface area contributed by atoms with E-state index in [0.717, 1.165) is 43.3 Å². The summed E-state index contributed by atoms with van der Waals surface area (Å²) in [5, 5.41) is 7.63. The van der Waals surface area contributed by atoms with Crippen molar-refractivity contribution in [3.8, 4) is 5.69 Å². The van der Waals surface area contributed by atoms with Crippen LogP contribution in [0.5, 0.6) is 0 Å². The van der Waals surface area contributed by atoms with Crippen LogP contribution in [0.2, 0.25) is 0 Å². The molecule has 6 nitrogen and oxygen atoms in total. The van der Waals surface area contributed by atoms with Crippen LogP contribution in [0.15, 0.2) is 18.2 Å². The largest absolute Gasteiger partial charge is 0.379 e. The molecule has 30 heavy (non-hydrogen) atoms. The first kappa shape index (κ1) is 19.6. The Hall–Kier alpha value is -2.32. The minimum absolute atomic E-state index is 0.187. The number of benzene rings is 1. The minimum Gasteiger partial charge on any atom is -0.379 e. The van der Waals surface area contributed by atoms with Crippen molar-refractivity contribution in [1.29, 1.82) is 0 Å². The smallest absolute Gasteiger partial charge is 0.272 e. The second kappa shape index (κ2) is 7.13. The Morgan fingerprint density at radius 3 is 2.80 bits per heavy atom. The molecule has 1 amide bonds. The number of nitrogens with one attached hydrogen (secondary N) is 1. The minimum atomic E-state index is -0.677. The molecule has 0 unspecified atom stereocenters. The molecule has 1 saturated heterocycles. The quantitative estimate of drug-likeness (QED) is 0.814.